The molecule has 2 nitrogen and oxygen atoms in total. The van der Waals surface area contributed by atoms with Crippen LogP contribution in [0.5, 0.6) is 0 Å². The number of halogens is 1. The molecule has 0 spiro atoms. The zero-order valence-electron chi connectivity index (χ0n) is 13.0. The third kappa shape index (κ3) is 3.80. The third-order valence-corrected chi connectivity index (χ3v) is 4.37. The average Bonchev–Trinajstić information content (AvgIpc) is 2.67. The summed E-state index contributed by atoms with van der Waals surface area (Å²) in [5.41, 5.74) is 1.81. The molecule has 2 rings (SSSR count). The van der Waals surface area contributed by atoms with Crippen LogP contribution in [-0.4, -0.2) is 30.6 Å². The number of nitrogens with one attached hydrogen (secondary N) is 1. The van der Waals surface area contributed by atoms with E-state index >= 15 is 0 Å². The Morgan fingerprint density at radius 1 is 1.45 bits per heavy atom. The monoisotopic (exact) mass is 278 g/mol. The molecule has 112 valence electrons. The zero-order chi connectivity index (χ0) is 14.5. The first-order valence-corrected chi connectivity index (χ1v) is 7.85. The van der Waals surface area contributed by atoms with Crippen LogP contribution in [0.15, 0.2) is 18.2 Å². The van der Waals surface area contributed by atoms with Crippen LogP contribution >= 0.6 is 0 Å². The van der Waals surface area contributed by atoms with Crippen LogP contribution in [0.4, 0.5) is 4.39 Å². The van der Waals surface area contributed by atoms with Crippen LogP contribution in [0.3, 0.4) is 0 Å². The third-order valence-electron chi connectivity index (χ3n) is 4.37. The fourth-order valence-electron chi connectivity index (χ4n) is 3.00. The molecular weight excluding hydrogens is 251 g/mol. The maximum atomic E-state index is 13.8. The van der Waals surface area contributed by atoms with Gasteiger partial charge in [0.15, 0.2) is 0 Å². The Morgan fingerprint density at radius 2 is 2.25 bits per heavy atom. The molecule has 1 aliphatic rings. The van der Waals surface area contributed by atoms with Crippen LogP contribution in [0, 0.1) is 12.7 Å². The maximum Gasteiger partial charge on any atom is 0.126 e. The molecule has 2 atom stereocenters. The summed E-state index contributed by atoms with van der Waals surface area (Å²) in [6.07, 6.45) is 3.59. The topological polar surface area (TPSA) is 15.3 Å². The van der Waals surface area contributed by atoms with Crippen LogP contribution in [0.1, 0.15) is 50.3 Å². The molecule has 0 bridgehead atoms. The van der Waals surface area contributed by atoms with Crippen molar-refractivity contribution in [2.45, 2.75) is 52.1 Å². The van der Waals surface area contributed by atoms with E-state index in [2.05, 4.69) is 30.1 Å². The summed E-state index contributed by atoms with van der Waals surface area (Å²) >= 11 is 0. The van der Waals surface area contributed by atoms with Crippen molar-refractivity contribution in [3.63, 3.8) is 0 Å². The average molecular weight is 278 g/mol. The second-order valence-corrected chi connectivity index (χ2v) is 5.97. The summed E-state index contributed by atoms with van der Waals surface area (Å²) in [4.78, 5) is 2.49. The fourth-order valence-corrected chi connectivity index (χ4v) is 3.00. The molecule has 0 aliphatic carbocycles. The predicted octanol–water partition coefficient (Wildman–Crippen LogP) is 3.66. The van der Waals surface area contributed by atoms with Crippen LogP contribution in [-0.2, 0) is 0 Å². The molecule has 3 heteroatoms. The number of hydrogen-bond donors (Lipinski definition) is 1. The van der Waals surface area contributed by atoms with Gasteiger partial charge >= 0.3 is 0 Å². The van der Waals surface area contributed by atoms with Crippen molar-refractivity contribution in [3.05, 3.63) is 35.1 Å². The molecule has 0 aromatic heterocycles. The van der Waals surface area contributed by atoms with E-state index in [4.69, 9.17) is 0 Å². The molecule has 1 aromatic carbocycles. The number of benzene rings is 1. The van der Waals surface area contributed by atoms with Gasteiger partial charge in [-0.05, 0) is 50.4 Å². The number of hydrogen-bond acceptors (Lipinski definition) is 2. The van der Waals surface area contributed by atoms with Gasteiger partial charge in [-0.1, -0.05) is 25.5 Å². The van der Waals surface area contributed by atoms with Crippen molar-refractivity contribution in [2.24, 2.45) is 0 Å². The van der Waals surface area contributed by atoms with Crippen molar-refractivity contribution in [1.82, 2.24) is 10.2 Å². The van der Waals surface area contributed by atoms with E-state index in [9.17, 15) is 4.39 Å². The van der Waals surface area contributed by atoms with Gasteiger partial charge in [0.05, 0.1) is 0 Å². The Labute approximate surface area is 122 Å². The van der Waals surface area contributed by atoms with E-state index in [1.165, 1.54) is 19.3 Å². The number of aryl methyl sites for hydroxylation is 1. The fraction of sp³-hybridized carbons (Fsp3) is 0.647. The lowest BCUT2D eigenvalue weighted by Crippen LogP contribution is -2.38. The quantitative estimate of drug-likeness (QED) is 0.904. The zero-order valence-corrected chi connectivity index (χ0v) is 13.0. The highest BCUT2D eigenvalue weighted by Gasteiger charge is 2.22. The molecule has 20 heavy (non-hydrogen) atoms. The highest BCUT2D eigenvalue weighted by Crippen LogP contribution is 2.24. The minimum Gasteiger partial charge on any atom is -0.313 e. The number of nitrogens with zero attached hydrogens (tertiary/aromatic N) is 1. The molecule has 1 fully saturated rings. The Bertz CT molecular complexity index is 433. The van der Waals surface area contributed by atoms with Gasteiger partial charge in [0.1, 0.15) is 5.82 Å². The molecule has 0 amide bonds. The standard InChI is InChI=1S/C17H27FN2/c1-4-6-16-12-20(10-5-9-19-16)14(3)15-8-7-13(2)17(18)11-15/h7-8,11,14,16,19H,4-6,9-10,12H2,1-3H3. The lowest BCUT2D eigenvalue weighted by molar-refractivity contribution is 0.203. The Kier molecular flexibility index (Phi) is 5.55. The summed E-state index contributed by atoms with van der Waals surface area (Å²) in [6.45, 7) is 9.48. The van der Waals surface area contributed by atoms with Gasteiger partial charge in [0, 0.05) is 25.2 Å². The van der Waals surface area contributed by atoms with Crippen LogP contribution in [0.25, 0.3) is 0 Å². The van der Waals surface area contributed by atoms with Gasteiger partial charge < -0.3 is 5.32 Å². The summed E-state index contributed by atoms with van der Waals surface area (Å²) in [7, 11) is 0. The molecule has 0 radical (unpaired) electrons. The minimum absolute atomic E-state index is 0.0904. The van der Waals surface area contributed by atoms with Gasteiger partial charge in [-0.3, -0.25) is 4.90 Å². The minimum atomic E-state index is -0.0904. The van der Waals surface area contributed by atoms with E-state index in [1.54, 1.807) is 6.07 Å². The van der Waals surface area contributed by atoms with Crippen molar-refractivity contribution in [2.75, 3.05) is 19.6 Å². The van der Waals surface area contributed by atoms with E-state index < -0.39 is 0 Å². The van der Waals surface area contributed by atoms with Gasteiger partial charge in [-0.2, -0.15) is 0 Å². The molecule has 1 heterocycles. The van der Waals surface area contributed by atoms with Crippen molar-refractivity contribution in [3.8, 4) is 0 Å². The van der Waals surface area contributed by atoms with Crippen molar-refractivity contribution >= 4 is 0 Å². The molecular formula is C17H27FN2. The van der Waals surface area contributed by atoms with E-state index in [0.717, 1.165) is 30.8 Å². The summed E-state index contributed by atoms with van der Waals surface area (Å²) in [6, 6.07) is 6.51. The van der Waals surface area contributed by atoms with E-state index in [0.29, 0.717) is 6.04 Å². The van der Waals surface area contributed by atoms with Crippen LogP contribution in [0.2, 0.25) is 0 Å². The SMILES string of the molecule is CCCC1CN(C(C)c2ccc(C)c(F)c2)CCCN1. The first-order valence-electron chi connectivity index (χ1n) is 7.85. The molecule has 1 aliphatic heterocycles. The second kappa shape index (κ2) is 7.19. The lowest BCUT2D eigenvalue weighted by atomic mass is 10.0. The van der Waals surface area contributed by atoms with Gasteiger partial charge in [0.2, 0.25) is 0 Å². The smallest absolute Gasteiger partial charge is 0.126 e. The van der Waals surface area contributed by atoms with E-state index in [1.807, 2.05) is 13.0 Å². The first-order chi connectivity index (χ1) is 9.61. The number of rotatable bonds is 4. The molecule has 1 aromatic rings. The van der Waals surface area contributed by atoms with Crippen LogP contribution < -0.4 is 5.32 Å². The molecule has 1 N–H and O–H groups in total. The Morgan fingerprint density at radius 3 is 2.95 bits per heavy atom. The van der Waals surface area contributed by atoms with E-state index in [-0.39, 0.29) is 11.9 Å². The molecule has 1 saturated heterocycles. The maximum absolute atomic E-state index is 13.8. The summed E-state index contributed by atoms with van der Waals surface area (Å²) in [5, 5.41) is 3.62. The lowest BCUT2D eigenvalue weighted by Gasteiger charge is -2.30. The van der Waals surface area contributed by atoms with Gasteiger partial charge in [0.25, 0.3) is 0 Å². The Balaban J connectivity index is 2.09. The largest absolute Gasteiger partial charge is 0.313 e. The van der Waals surface area contributed by atoms with Crippen molar-refractivity contribution in [1.29, 1.82) is 0 Å². The first kappa shape index (κ1) is 15.5. The Hall–Kier alpha value is -0.930. The molecule has 0 saturated carbocycles. The van der Waals surface area contributed by atoms with Crippen molar-refractivity contribution < 1.29 is 4.39 Å². The summed E-state index contributed by atoms with van der Waals surface area (Å²) in [5.74, 6) is -0.0904. The highest BCUT2D eigenvalue weighted by atomic mass is 19.1. The molecule has 2 unspecified atom stereocenters. The van der Waals surface area contributed by atoms with Gasteiger partial charge in [-0.25, -0.2) is 4.39 Å². The normalized spacial score (nSPS) is 22.5. The summed E-state index contributed by atoms with van der Waals surface area (Å²) < 4.78 is 13.8. The van der Waals surface area contributed by atoms with Gasteiger partial charge in [-0.15, -0.1) is 0 Å². The highest BCUT2D eigenvalue weighted by molar-refractivity contribution is 5.25. The second-order valence-electron chi connectivity index (χ2n) is 5.97. The predicted molar refractivity (Wildman–Crippen MR) is 82.4 cm³/mol.